The summed E-state index contributed by atoms with van der Waals surface area (Å²) < 4.78 is 31.3. The van der Waals surface area contributed by atoms with Gasteiger partial charge in [0.2, 0.25) is 0 Å². The zero-order valence-corrected chi connectivity index (χ0v) is 10.7. The molecule has 1 aromatic heterocycles. The van der Waals surface area contributed by atoms with Gasteiger partial charge >= 0.3 is 5.97 Å². The number of carbonyl (C=O) groups is 1. The molecule has 0 saturated heterocycles. The van der Waals surface area contributed by atoms with E-state index in [4.69, 9.17) is 10.5 Å². The Hall–Kier alpha value is -2.50. The number of halogens is 2. The molecule has 0 aliphatic carbocycles. The van der Waals surface area contributed by atoms with Crippen LogP contribution >= 0.6 is 0 Å². The largest absolute Gasteiger partial charge is 0.457 e. The predicted octanol–water partition coefficient (Wildman–Crippen LogP) is 2.61. The summed E-state index contributed by atoms with van der Waals surface area (Å²) in [6.45, 7) is 1.36. The molecule has 1 heterocycles. The van der Waals surface area contributed by atoms with Crippen LogP contribution in [-0.2, 0) is 11.3 Å². The minimum absolute atomic E-state index is 0.00922. The van der Waals surface area contributed by atoms with E-state index in [1.54, 1.807) is 0 Å². The number of carbonyl (C=O) groups excluding carboxylic acids is 1. The van der Waals surface area contributed by atoms with Gasteiger partial charge in [-0.1, -0.05) is 0 Å². The molecule has 0 unspecified atom stereocenters. The van der Waals surface area contributed by atoms with E-state index in [-0.39, 0.29) is 23.4 Å². The summed E-state index contributed by atoms with van der Waals surface area (Å²) in [7, 11) is 0. The van der Waals surface area contributed by atoms with Gasteiger partial charge in [-0.15, -0.1) is 0 Å². The first-order chi connectivity index (χ1) is 9.47. The summed E-state index contributed by atoms with van der Waals surface area (Å²) >= 11 is 0. The molecule has 0 aliphatic rings. The summed E-state index contributed by atoms with van der Waals surface area (Å²) in [6.07, 6.45) is 2.42. The Morgan fingerprint density at radius 2 is 2.05 bits per heavy atom. The normalized spacial score (nSPS) is 10.3. The second-order valence-electron chi connectivity index (χ2n) is 4.26. The van der Waals surface area contributed by atoms with Gasteiger partial charge < -0.3 is 10.5 Å². The SMILES string of the molecule is Cc1c(N)cc(C(=O)OCc2cncc(F)c2)cc1F. The van der Waals surface area contributed by atoms with E-state index in [2.05, 4.69) is 4.98 Å². The highest BCUT2D eigenvalue weighted by atomic mass is 19.1. The van der Waals surface area contributed by atoms with Crippen molar-refractivity contribution in [2.45, 2.75) is 13.5 Å². The number of hydrogen-bond acceptors (Lipinski definition) is 4. The van der Waals surface area contributed by atoms with Gasteiger partial charge in [0.15, 0.2) is 0 Å². The van der Waals surface area contributed by atoms with Crippen LogP contribution < -0.4 is 5.73 Å². The van der Waals surface area contributed by atoms with E-state index in [1.807, 2.05) is 0 Å². The van der Waals surface area contributed by atoms with Gasteiger partial charge in [0.1, 0.15) is 18.2 Å². The molecule has 0 bridgehead atoms. The minimum atomic E-state index is -0.736. The van der Waals surface area contributed by atoms with Crippen molar-refractivity contribution in [2.75, 3.05) is 5.73 Å². The number of pyridine rings is 1. The lowest BCUT2D eigenvalue weighted by molar-refractivity contribution is 0.0471. The van der Waals surface area contributed by atoms with E-state index < -0.39 is 17.6 Å². The quantitative estimate of drug-likeness (QED) is 0.692. The van der Waals surface area contributed by atoms with Crippen molar-refractivity contribution in [3.8, 4) is 0 Å². The summed E-state index contributed by atoms with van der Waals surface area (Å²) in [6, 6.07) is 3.59. The van der Waals surface area contributed by atoms with Crippen molar-refractivity contribution in [3.63, 3.8) is 0 Å². The summed E-state index contributed by atoms with van der Waals surface area (Å²) in [4.78, 5) is 15.4. The standard InChI is InChI=1S/C14H12F2N2O2/c1-8-12(16)3-10(4-13(8)17)14(19)20-7-9-2-11(15)6-18-5-9/h2-6H,7,17H2,1H3. The molecule has 0 aliphatic heterocycles. The van der Waals surface area contributed by atoms with Crippen LogP contribution in [0.15, 0.2) is 30.6 Å². The molecule has 1 aromatic carbocycles. The van der Waals surface area contributed by atoms with E-state index in [1.165, 1.54) is 25.3 Å². The van der Waals surface area contributed by atoms with Crippen LogP contribution in [0.2, 0.25) is 0 Å². The number of aromatic nitrogens is 1. The summed E-state index contributed by atoms with van der Waals surface area (Å²) in [5.74, 6) is -1.84. The summed E-state index contributed by atoms with van der Waals surface area (Å²) in [5, 5.41) is 0. The second-order valence-corrected chi connectivity index (χ2v) is 4.26. The lowest BCUT2D eigenvalue weighted by atomic mass is 10.1. The molecule has 2 aromatic rings. The third kappa shape index (κ3) is 3.09. The number of rotatable bonds is 3. The lowest BCUT2D eigenvalue weighted by Crippen LogP contribution is -2.08. The number of nitrogens with zero attached hydrogens (tertiary/aromatic N) is 1. The topological polar surface area (TPSA) is 65.2 Å². The highest BCUT2D eigenvalue weighted by molar-refractivity contribution is 5.90. The molecule has 0 radical (unpaired) electrons. The van der Waals surface area contributed by atoms with Gasteiger partial charge in [0.05, 0.1) is 11.8 Å². The van der Waals surface area contributed by atoms with E-state index in [0.29, 0.717) is 5.56 Å². The Kier molecular flexibility index (Phi) is 3.93. The van der Waals surface area contributed by atoms with Crippen molar-refractivity contribution >= 4 is 11.7 Å². The van der Waals surface area contributed by atoms with Crippen LogP contribution in [0.5, 0.6) is 0 Å². The van der Waals surface area contributed by atoms with Gasteiger partial charge in [-0.05, 0) is 25.1 Å². The van der Waals surface area contributed by atoms with Crippen LogP contribution in [0.25, 0.3) is 0 Å². The maximum absolute atomic E-state index is 13.5. The molecule has 0 saturated carbocycles. The van der Waals surface area contributed by atoms with Crippen molar-refractivity contribution < 1.29 is 18.3 Å². The van der Waals surface area contributed by atoms with Gasteiger partial charge in [0, 0.05) is 23.0 Å². The molecule has 2 rings (SSSR count). The maximum Gasteiger partial charge on any atom is 0.338 e. The third-order valence-electron chi connectivity index (χ3n) is 2.75. The average molecular weight is 278 g/mol. The molecule has 4 nitrogen and oxygen atoms in total. The zero-order valence-electron chi connectivity index (χ0n) is 10.7. The van der Waals surface area contributed by atoms with Crippen molar-refractivity contribution in [3.05, 3.63) is 58.9 Å². The van der Waals surface area contributed by atoms with Crippen LogP contribution in [0.4, 0.5) is 14.5 Å². The lowest BCUT2D eigenvalue weighted by Gasteiger charge is -2.07. The van der Waals surface area contributed by atoms with Crippen LogP contribution in [0.1, 0.15) is 21.5 Å². The number of nitrogen functional groups attached to an aromatic ring is 1. The molecular formula is C14H12F2N2O2. The van der Waals surface area contributed by atoms with Gasteiger partial charge in [-0.25, -0.2) is 13.6 Å². The maximum atomic E-state index is 13.5. The van der Waals surface area contributed by atoms with Crippen molar-refractivity contribution in [1.82, 2.24) is 4.98 Å². The predicted molar refractivity (Wildman–Crippen MR) is 68.9 cm³/mol. The number of esters is 1. The molecule has 2 N–H and O–H groups in total. The Morgan fingerprint density at radius 1 is 1.30 bits per heavy atom. The molecule has 6 heteroatoms. The number of anilines is 1. The Balaban J connectivity index is 2.09. The highest BCUT2D eigenvalue weighted by Crippen LogP contribution is 2.18. The van der Waals surface area contributed by atoms with Crippen LogP contribution in [-0.4, -0.2) is 11.0 Å². The van der Waals surface area contributed by atoms with E-state index >= 15 is 0 Å². The second kappa shape index (κ2) is 5.64. The summed E-state index contributed by atoms with van der Waals surface area (Å²) in [5.41, 5.74) is 6.43. The molecule has 0 spiro atoms. The number of benzene rings is 1. The average Bonchev–Trinajstić information content (AvgIpc) is 2.41. The van der Waals surface area contributed by atoms with E-state index in [9.17, 15) is 13.6 Å². The first kappa shape index (κ1) is 13.9. The molecule has 104 valence electrons. The smallest absolute Gasteiger partial charge is 0.338 e. The van der Waals surface area contributed by atoms with E-state index in [0.717, 1.165) is 12.3 Å². The monoisotopic (exact) mass is 278 g/mol. The molecule has 0 atom stereocenters. The molecule has 0 fully saturated rings. The number of ether oxygens (including phenoxy) is 1. The molecule has 0 amide bonds. The van der Waals surface area contributed by atoms with Gasteiger partial charge in [-0.3, -0.25) is 4.98 Å². The number of hydrogen-bond donors (Lipinski definition) is 1. The highest BCUT2D eigenvalue weighted by Gasteiger charge is 2.12. The van der Waals surface area contributed by atoms with Gasteiger partial charge in [0.25, 0.3) is 0 Å². The van der Waals surface area contributed by atoms with Crippen molar-refractivity contribution in [2.24, 2.45) is 0 Å². The Bertz CT molecular complexity index is 636. The number of nitrogens with two attached hydrogens (primary N) is 1. The fourth-order valence-corrected chi connectivity index (χ4v) is 1.58. The third-order valence-corrected chi connectivity index (χ3v) is 2.75. The minimum Gasteiger partial charge on any atom is -0.457 e. The molecular weight excluding hydrogens is 266 g/mol. The van der Waals surface area contributed by atoms with Crippen LogP contribution in [0, 0.1) is 18.6 Å². The van der Waals surface area contributed by atoms with Crippen LogP contribution in [0.3, 0.4) is 0 Å². The van der Waals surface area contributed by atoms with Crippen molar-refractivity contribution in [1.29, 1.82) is 0 Å². The fourth-order valence-electron chi connectivity index (χ4n) is 1.58. The Morgan fingerprint density at radius 3 is 2.70 bits per heavy atom. The first-order valence-corrected chi connectivity index (χ1v) is 5.79. The zero-order chi connectivity index (χ0) is 14.7. The first-order valence-electron chi connectivity index (χ1n) is 5.79. The van der Waals surface area contributed by atoms with Gasteiger partial charge in [-0.2, -0.15) is 0 Å². The Labute approximate surface area is 114 Å². The molecule has 20 heavy (non-hydrogen) atoms. The fraction of sp³-hybridized carbons (Fsp3) is 0.143.